The van der Waals surface area contributed by atoms with E-state index in [1.807, 2.05) is 0 Å². The van der Waals surface area contributed by atoms with Gasteiger partial charge in [-0.1, -0.05) is 24.3 Å². The van der Waals surface area contributed by atoms with Crippen molar-refractivity contribution >= 4 is 11.3 Å². The van der Waals surface area contributed by atoms with Gasteiger partial charge in [-0.25, -0.2) is 4.98 Å². The molecule has 0 fully saturated rings. The molecule has 108 valence electrons. The molecule has 0 bridgehead atoms. The monoisotopic (exact) mass is 288 g/mol. The third-order valence-corrected chi connectivity index (χ3v) is 4.91. The first-order valence-corrected chi connectivity index (χ1v) is 8.03. The van der Waals surface area contributed by atoms with Crippen LogP contribution in [0.2, 0.25) is 0 Å². The van der Waals surface area contributed by atoms with E-state index in [9.17, 15) is 0 Å². The third-order valence-electron chi connectivity index (χ3n) is 3.65. The van der Waals surface area contributed by atoms with E-state index < -0.39 is 0 Å². The summed E-state index contributed by atoms with van der Waals surface area (Å²) in [6, 6.07) is 9.44. The van der Waals surface area contributed by atoms with Gasteiger partial charge in [-0.15, -0.1) is 11.3 Å². The third kappa shape index (κ3) is 3.68. The Hall–Kier alpha value is -1.19. The van der Waals surface area contributed by atoms with E-state index in [1.54, 1.807) is 11.3 Å². The van der Waals surface area contributed by atoms with Crippen molar-refractivity contribution in [2.75, 3.05) is 0 Å². The van der Waals surface area contributed by atoms with E-state index >= 15 is 0 Å². The second kappa shape index (κ2) is 6.51. The Kier molecular flexibility index (Phi) is 4.95. The van der Waals surface area contributed by atoms with Crippen LogP contribution in [0.5, 0.6) is 0 Å². The van der Waals surface area contributed by atoms with Gasteiger partial charge in [-0.05, 0) is 52.2 Å². The number of hydrogen-bond acceptors (Lipinski definition) is 3. The zero-order valence-corrected chi connectivity index (χ0v) is 13.8. The first-order valence-electron chi connectivity index (χ1n) is 7.22. The van der Waals surface area contributed by atoms with Gasteiger partial charge >= 0.3 is 0 Å². The summed E-state index contributed by atoms with van der Waals surface area (Å²) in [4.78, 5) is 5.88. The highest BCUT2D eigenvalue weighted by Crippen LogP contribution is 2.25. The molecule has 20 heavy (non-hydrogen) atoms. The van der Waals surface area contributed by atoms with Crippen molar-refractivity contribution < 1.29 is 0 Å². The first kappa shape index (κ1) is 15.2. The fourth-order valence-electron chi connectivity index (χ4n) is 2.68. The molecule has 0 aliphatic heterocycles. The number of hydrogen-bond donors (Lipinski definition) is 1. The number of thiazole rings is 1. The van der Waals surface area contributed by atoms with E-state index in [1.165, 1.54) is 16.0 Å². The van der Waals surface area contributed by atoms with Crippen molar-refractivity contribution in [3.05, 3.63) is 51.0 Å². The van der Waals surface area contributed by atoms with E-state index in [0.717, 1.165) is 17.1 Å². The number of rotatable bonds is 5. The van der Waals surface area contributed by atoms with E-state index in [4.69, 9.17) is 0 Å². The summed E-state index contributed by atoms with van der Waals surface area (Å²) < 4.78 is 0. The summed E-state index contributed by atoms with van der Waals surface area (Å²) in [7, 11) is 0. The molecule has 0 spiro atoms. The summed E-state index contributed by atoms with van der Waals surface area (Å²) in [6.45, 7) is 10.8. The standard InChI is InChI=1S/C17H24N2S/c1-11-8-6-7-9-16(11)10-12(2)18-13(3)17-14(4)19-15(5)20-17/h6-9,12-13,18H,10H2,1-5H3. The van der Waals surface area contributed by atoms with Crippen molar-refractivity contribution in [2.24, 2.45) is 0 Å². The summed E-state index contributed by atoms with van der Waals surface area (Å²) >= 11 is 1.80. The van der Waals surface area contributed by atoms with E-state index in [-0.39, 0.29) is 0 Å². The Morgan fingerprint density at radius 3 is 2.45 bits per heavy atom. The van der Waals surface area contributed by atoms with Gasteiger partial charge in [0.2, 0.25) is 0 Å². The van der Waals surface area contributed by atoms with Gasteiger partial charge < -0.3 is 5.32 Å². The van der Waals surface area contributed by atoms with Crippen LogP contribution in [0.25, 0.3) is 0 Å². The lowest BCUT2D eigenvalue weighted by atomic mass is 10.0. The van der Waals surface area contributed by atoms with Crippen molar-refractivity contribution in [3.8, 4) is 0 Å². The van der Waals surface area contributed by atoms with Crippen LogP contribution in [0.15, 0.2) is 24.3 Å². The van der Waals surface area contributed by atoms with Gasteiger partial charge in [0.15, 0.2) is 0 Å². The van der Waals surface area contributed by atoms with Crippen LogP contribution in [0.3, 0.4) is 0 Å². The minimum Gasteiger partial charge on any atom is -0.307 e. The Labute approximate surface area is 126 Å². The molecule has 2 aromatic rings. The zero-order chi connectivity index (χ0) is 14.7. The molecule has 0 saturated heterocycles. The van der Waals surface area contributed by atoms with Crippen LogP contribution >= 0.6 is 11.3 Å². The predicted molar refractivity (Wildman–Crippen MR) is 87.5 cm³/mol. The minimum atomic E-state index is 0.361. The quantitative estimate of drug-likeness (QED) is 0.884. The number of benzene rings is 1. The van der Waals surface area contributed by atoms with Crippen molar-refractivity contribution in [1.82, 2.24) is 10.3 Å². The second-order valence-electron chi connectivity index (χ2n) is 5.60. The molecule has 0 radical (unpaired) electrons. The lowest BCUT2D eigenvalue weighted by Gasteiger charge is -2.20. The highest BCUT2D eigenvalue weighted by atomic mass is 32.1. The summed E-state index contributed by atoms with van der Waals surface area (Å²) in [5.74, 6) is 0. The van der Waals surface area contributed by atoms with Gasteiger partial charge in [0.05, 0.1) is 10.7 Å². The van der Waals surface area contributed by atoms with Crippen LogP contribution in [0.4, 0.5) is 0 Å². The van der Waals surface area contributed by atoms with Gasteiger partial charge in [0.1, 0.15) is 0 Å². The largest absolute Gasteiger partial charge is 0.307 e. The minimum absolute atomic E-state index is 0.361. The van der Waals surface area contributed by atoms with Gasteiger partial charge in [0, 0.05) is 17.0 Å². The Morgan fingerprint density at radius 1 is 1.15 bits per heavy atom. The smallest absolute Gasteiger partial charge is 0.0900 e. The van der Waals surface area contributed by atoms with Crippen LogP contribution in [-0.2, 0) is 6.42 Å². The van der Waals surface area contributed by atoms with Crippen LogP contribution in [0, 0.1) is 20.8 Å². The average molecular weight is 288 g/mol. The molecule has 2 rings (SSSR count). The maximum Gasteiger partial charge on any atom is 0.0900 e. The molecule has 2 atom stereocenters. The van der Waals surface area contributed by atoms with Crippen molar-refractivity contribution in [3.63, 3.8) is 0 Å². The molecule has 1 aromatic carbocycles. The normalized spacial score (nSPS) is 14.2. The fraction of sp³-hybridized carbons (Fsp3) is 0.471. The van der Waals surface area contributed by atoms with Gasteiger partial charge in [-0.3, -0.25) is 0 Å². The van der Waals surface area contributed by atoms with Crippen molar-refractivity contribution in [2.45, 2.75) is 53.1 Å². The Morgan fingerprint density at radius 2 is 1.85 bits per heavy atom. The molecular weight excluding hydrogens is 264 g/mol. The molecule has 0 aliphatic carbocycles. The highest BCUT2D eigenvalue weighted by molar-refractivity contribution is 7.11. The molecule has 0 amide bonds. The Bertz CT molecular complexity index is 574. The van der Waals surface area contributed by atoms with Gasteiger partial charge in [0.25, 0.3) is 0 Å². The molecule has 0 saturated carbocycles. The molecule has 1 heterocycles. The number of nitrogens with zero attached hydrogens (tertiary/aromatic N) is 1. The first-order chi connectivity index (χ1) is 9.47. The maximum absolute atomic E-state index is 4.52. The van der Waals surface area contributed by atoms with Crippen LogP contribution in [0.1, 0.15) is 46.6 Å². The van der Waals surface area contributed by atoms with Crippen LogP contribution in [-0.4, -0.2) is 11.0 Å². The summed E-state index contributed by atoms with van der Waals surface area (Å²) in [5.41, 5.74) is 3.96. The van der Waals surface area contributed by atoms with Crippen molar-refractivity contribution in [1.29, 1.82) is 0 Å². The van der Waals surface area contributed by atoms with Gasteiger partial charge in [-0.2, -0.15) is 0 Å². The SMILES string of the molecule is Cc1nc(C)c(C(C)NC(C)Cc2ccccc2C)s1. The average Bonchev–Trinajstić information content (AvgIpc) is 2.71. The molecule has 0 aliphatic rings. The molecule has 2 nitrogen and oxygen atoms in total. The summed E-state index contributed by atoms with van der Waals surface area (Å²) in [6.07, 6.45) is 1.06. The molecule has 3 heteroatoms. The zero-order valence-electron chi connectivity index (χ0n) is 13.0. The number of aryl methyl sites for hydroxylation is 3. The number of aromatic nitrogens is 1. The lowest BCUT2D eigenvalue weighted by Crippen LogP contribution is -2.30. The van der Waals surface area contributed by atoms with E-state index in [2.05, 4.69) is 69.2 Å². The topological polar surface area (TPSA) is 24.9 Å². The fourth-order valence-corrected chi connectivity index (χ4v) is 3.62. The number of nitrogens with one attached hydrogen (secondary N) is 1. The highest BCUT2D eigenvalue weighted by Gasteiger charge is 2.15. The Balaban J connectivity index is 1.99. The predicted octanol–water partition coefficient (Wildman–Crippen LogP) is 4.35. The summed E-state index contributed by atoms with van der Waals surface area (Å²) in [5, 5.41) is 4.85. The van der Waals surface area contributed by atoms with Crippen LogP contribution < -0.4 is 5.32 Å². The molecular formula is C17H24N2S. The molecule has 2 unspecified atom stereocenters. The lowest BCUT2D eigenvalue weighted by molar-refractivity contribution is 0.479. The molecule has 1 N–H and O–H groups in total. The molecule has 1 aromatic heterocycles. The maximum atomic E-state index is 4.52. The van der Waals surface area contributed by atoms with E-state index in [0.29, 0.717) is 12.1 Å². The second-order valence-corrected chi connectivity index (χ2v) is 6.84.